The summed E-state index contributed by atoms with van der Waals surface area (Å²) in [5.74, 6) is 1.59. The predicted octanol–water partition coefficient (Wildman–Crippen LogP) is 1.54. The quantitative estimate of drug-likeness (QED) is 0.366. The van der Waals surface area contributed by atoms with E-state index in [1.165, 1.54) is 0 Å². The number of aromatic nitrogens is 3. The van der Waals surface area contributed by atoms with Crippen LogP contribution >= 0.6 is 0 Å². The fraction of sp³-hybridized carbons (Fsp3) is 0.389. The lowest BCUT2D eigenvalue weighted by molar-refractivity contribution is 0.0547. The van der Waals surface area contributed by atoms with E-state index in [2.05, 4.69) is 32.2 Å². The highest BCUT2D eigenvalue weighted by molar-refractivity contribution is 5.57. The molecule has 0 aliphatic carbocycles. The first kappa shape index (κ1) is 19.8. The minimum Gasteiger partial charge on any atom is -0.378 e. The molecule has 0 saturated heterocycles. The van der Waals surface area contributed by atoms with Crippen LogP contribution < -0.4 is 16.4 Å². The largest absolute Gasteiger partial charge is 0.378 e. The molecule has 140 valence electrons. The Morgan fingerprint density at radius 2 is 1.62 bits per heavy atom. The van der Waals surface area contributed by atoms with Gasteiger partial charge in [-0.15, -0.1) is 6.58 Å². The van der Waals surface area contributed by atoms with Crippen LogP contribution in [-0.2, 0) is 9.47 Å². The average Bonchev–Trinajstić information content (AvgIpc) is 2.69. The van der Waals surface area contributed by atoms with E-state index in [0.717, 1.165) is 5.56 Å². The molecule has 2 aromatic rings. The molecule has 0 atom stereocenters. The Morgan fingerprint density at radius 3 is 2.31 bits per heavy atom. The molecule has 26 heavy (non-hydrogen) atoms. The number of nitrogens with two attached hydrogens (primary N) is 1. The second-order valence-electron chi connectivity index (χ2n) is 5.28. The third-order valence-electron chi connectivity index (χ3n) is 3.24. The number of anilines is 2. The fourth-order valence-electron chi connectivity index (χ4n) is 2.05. The van der Waals surface area contributed by atoms with Crippen molar-refractivity contribution >= 4 is 11.9 Å². The van der Waals surface area contributed by atoms with Crippen molar-refractivity contribution in [3.05, 3.63) is 43.0 Å². The van der Waals surface area contributed by atoms with Crippen LogP contribution in [0, 0.1) is 0 Å². The maximum absolute atomic E-state index is 5.48. The molecule has 0 amide bonds. The third kappa shape index (κ3) is 7.14. The molecule has 8 heteroatoms. The summed E-state index contributed by atoms with van der Waals surface area (Å²) in [7, 11) is 0. The number of nitrogens with zero attached hydrogens (tertiary/aromatic N) is 3. The molecule has 0 unspecified atom stereocenters. The van der Waals surface area contributed by atoms with Crippen LogP contribution in [0.25, 0.3) is 11.4 Å². The van der Waals surface area contributed by atoms with Crippen LogP contribution in [0.1, 0.15) is 0 Å². The van der Waals surface area contributed by atoms with Crippen LogP contribution in [0.5, 0.6) is 0 Å². The molecule has 0 spiro atoms. The summed E-state index contributed by atoms with van der Waals surface area (Å²) in [5, 5.41) is 6.26. The summed E-state index contributed by atoms with van der Waals surface area (Å²) in [6, 6.07) is 9.77. The zero-order valence-corrected chi connectivity index (χ0v) is 14.9. The monoisotopic (exact) mass is 358 g/mol. The van der Waals surface area contributed by atoms with Gasteiger partial charge in [0.1, 0.15) is 0 Å². The maximum Gasteiger partial charge on any atom is 0.228 e. The van der Waals surface area contributed by atoms with E-state index >= 15 is 0 Å². The van der Waals surface area contributed by atoms with Gasteiger partial charge in [0.2, 0.25) is 11.9 Å². The molecular formula is C18H26N6O2. The molecule has 0 bridgehead atoms. The lowest BCUT2D eigenvalue weighted by Crippen LogP contribution is -2.16. The second-order valence-corrected chi connectivity index (χ2v) is 5.28. The van der Waals surface area contributed by atoms with Crippen molar-refractivity contribution in [1.29, 1.82) is 0 Å². The Morgan fingerprint density at radius 1 is 0.923 bits per heavy atom. The summed E-state index contributed by atoms with van der Waals surface area (Å²) in [4.78, 5) is 13.3. The van der Waals surface area contributed by atoms with Crippen molar-refractivity contribution in [1.82, 2.24) is 15.0 Å². The summed E-state index contributed by atoms with van der Waals surface area (Å²) >= 11 is 0. The van der Waals surface area contributed by atoms with Crippen molar-refractivity contribution in [3.8, 4) is 11.4 Å². The van der Waals surface area contributed by atoms with Gasteiger partial charge in [0.25, 0.3) is 0 Å². The number of rotatable bonds is 13. The summed E-state index contributed by atoms with van der Waals surface area (Å²) < 4.78 is 10.7. The Kier molecular flexibility index (Phi) is 9.06. The average molecular weight is 358 g/mol. The van der Waals surface area contributed by atoms with Gasteiger partial charge >= 0.3 is 0 Å². The highest BCUT2D eigenvalue weighted by Gasteiger charge is 2.07. The Bertz CT molecular complexity index is 653. The minimum atomic E-state index is 0.494. The fourth-order valence-corrected chi connectivity index (χ4v) is 2.05. The van der Waals surface area contributed by atoms with Gasteiger partial charge in [0.05, 0.1) is 26.4 Å². The summed E-state index contributed by atoms with van der Waals surface area (Å²) in [6.45, 7) is 7.50. The van der Waals surface area contributed by atoms with E-state index in [1.807, 2.05) is 30.3 Å². The predicted molar refractivity (Wildman–Crippen MR) is 103 cm³/mol. The van der Waals surface area contributed by atoms with Gasteiger partial charge in [-0.3, -0.25) is 0 Å². The smallest absolute Gasteiger partial charge is 0.228 e. The molecule has 0 fully saturated rings. The molecule has 0 aliphatic heterocycles. The second kappa shape index (κ2) is 11.9. The van der Waals surface area contributed by atoms with Crippen molar-refractivity contribution in [2.45, 2.75) is 0 Å². The Labute approximate surface area is 153 Å². The molecule has 1 heterocycles. The topological polar surface area (TPSA) is 107 Å². The molecule has 0 saturated carbocycles. The van der Waals surface area contributed by atoms with Crippen molar-refractivity contribution < 1.29 is 9.47 Å². The van der Waals surface area contributed by atoms with Crippen LogP contribution in [0.4, 0.5) is 11.9 Å². The summed E-state index contributed by atoms with van der Waals surface area (Å²) in [6.07, 6.45) is 1.75. The Balaban J connectivity index is 1.91. The standard InChI is InChI=1S/C18H26N6O2/c1-2-9-20-17-22-16(15-6-4-3-5-7-15)23-18(24-17)21-10-12-26-14-13-25-11-8-19/h2-7H,1,8-14,19H2,(H2,20,21,22,23,24). The minimum absolute atomic E-state index is 0.494. The number of ether oxygens (including phenoxy) is 2. The van der Waals surface area contributed by atoms with Gasteiger partial charge < -0.3 is 25.8 Å². The summed E-state index contributed by atoms with van der Waals surface area (Å²) in [5.41, 5.74) is 6.27. The number of hydrogen-bond donors (Lipinski definition) is 3. The van der Waals surface area contributed by atoms with Gasteiger partial charge in [-0.2, -0.15) is 15.0 Å². The normalized spacial score (nSPS) is 10.5. The van der Waals surface area contributed by atoms with E-state index < -0.39 is 0 Å². The molecule has 0 aliphatic rings. The molecule has 0 radical (unpaired) electrons. The van der Waals surface area contributed by atoms with Crippen molar-refractivity contribution in [2.75, 3.05) is 56.7 Å². The first-order chi connectivity index (χ1) is 12.8. The van der Waals surface area contributed by atoms with Gasteiger partial charge in [-0.05, 0) is 0 Å². The highest BCUT2D eigenvalue weighted by atomic mass is 16.5. The molecule has 1 aromatic heterocycles. The number of hydrogen-bond acceptors (Lipinski definition) is 8. The van der Waals surface area contributed by atoms with Crippen molar-refractivity contribution in [3.63, 3.8) is 0 Å². The highest BCUT2D eigenvalue weighted by Crippen LogP contribution is 2.17. The number of benzene rings is 1. The zero-order chi connectivity index (χ0) is 18.5. The molecule has 4 N–H and O–H groups in total. The first-order valence-electron chi connectivity index (χ1n) is 8.59. The van der Waals surface area contributed by atoms with Gasteiger partial charge in [0.15, 0.2) is 5.82 Å². The van der Waals surface area contributed by atoms with Gasteiger partial charge in [-0.1, -0.05) is 36.4 Å². The van der Waals surface area contributed by atoms with Gasteiger partial charge in [0, 0.05) is 25.2 Å². The zero-order valence-electron chi connectivity index (χ0n) is 14.9. The lowest BCUT2D eigenvalue weighted by Gasteiger charge is -2.10. The molecular weight excluding hydrogens is 332 g/mol. The van der Waals surface area contributed by atoms with E-state index in [9.17, 15) is 0 Å². The molecule has 8 nitrogen and oxygen atoms in total. The molecule has 1 aromatic carbocycles. The Hall–Kier alpha value is -2.55. The van der Waals surface area contributed by atoms with Crippen LogP contribution in [0.3, 0.4) is 0 Å². The van der Waals surface area contributed by atoms with Crippen LogP contribution in [0.15, 0.2) is 43.0 Å². The van der Waals surface area contributed by atoms with Crippen LogP contribution in [-0.4, -0.2) is 61.0 Å². The lowest BCUT2D eigenvalue weighted by atomic mass is 10.2. The number of nitrogens with one attached hydrogen (secondary N) is 2. The maximum atomic E-state index is 5.48. The van der Waals surface area contributed by atoms with Crippen LogP contribution in [0.2, 0.25) is 0 Å². The van der Waals surface area contributed by atoms with E-state index in [0.29, 0.717) is 63.8 Å². The third-order valence-corrected chi connectivity index (χ3v) is 3.24. The van der Waals surface area contributed by atoms with E-state index in [-0.39, 0.29) is 0 Å². The SMILES string of the molecule is C=CCNc1nc(NCCOCCOCCN)nc(-c2ccccc2)n1. The van der Waals surface area contributed by atoms with E-state index in [1.54, 1.807) is 6.08 Å². The van der Waals surface area contributed by atoms with E-state index in [4.69, 9.17) is 15.2 Å². The molecule has 2 rings (SSSR count). The van der Waals surface area contributed by atoms with Crippen molar-refractivity contribution in [2.24, 2.45) is 5.73 Å². The van der Waals surface area contributed by atoms with Gasteiger partial charge in [-0.25, -0.2) is 0 Å². The first-order valence-corrected chi connectivity index (χ1v) is 8.59.